The standard InChI is InChI=1S/C13H17Cl2NO/c1-3-7-16(2)8-4-9-17-13-6-5-11(14)10-12(13)15/h1,5-6,11H,4,7-10H2,2H3. The molecule has 0 aromatic carbocycles. The zero-order valence-electron chi connectivity index (χ0n) is 9.96. The van der Waals surface area contributed by atoms with E-state index in [1.54, 1.807) is 0 Å². The summed E-state index contributed by atoms with van der Waals surface area (Å²) in [5.41, 5.74) is 0. The molecule has 0 aromatic heterocycles. The van der Waals surface area contributed by atoms with Gasteiger partial charge in [0.2, 0.25) is 0 Å². The summed E-state index contributed by atoms with van der Waals surface area (Å²) in [5.74, 6) is 3.34. The maximum atomic E-state index is 6.05. The van der Waals surface area contributed by atoms with Gasteiger partial charge in [-0.2, -0.15) is 0 Å². The van der Waals surface area contributed by atoms with Crippen LogP contribution in [0.2, 0.25) is 0 Å². The predicted octanol–water partition coefficient (Wildman–Crippen LogP) is 2.98. The predicted molar refractivity (Wildman–Crippen MR) is 73.2 cm³/mol. The van der Waals surface area contributed by atoms with Gasteiger partial charge in [-0.25, -0.2) is 0 Å². The fourth-order valence-corrected chi connectivity index (χ4v) is 2.09. The van der Waals surface area contributed by atoms with Crippen LogP contribution in [-0.2, 0) is 4.74 Å². The molecule has 0 amide bonds. The van der Waals surface area contributed by atoms with E-state index in [9.17, 15) is 0 Å². The van der Waals surface area contributed by atoms with Gasteiger partial charge in [0.25, 0.3) is 0 Å². The Bertz CT molecular complexity index is 344. The van der Waals surface area contributed by atoms with Gasteiger partial charge >= 0.3 is 0 Å². The molecular weight excluding hydrogens is 257 g/mol. The summed E-state index contributed by atoms with van der Waals surface area (Å²) in [6, 6.07) is 0. The normalized spacial score (nSPS) is 19.6. The Morgan fingerprint density at radius 2 is 2.41 bits per heavy atom. The molecule has 1 unspecified atom stereocenters. The average Bonchev–Trinajstić information content (AvgIpc) is 2.27. The third-order valence-corrected chi connectivity index (χ3v) is 3.04. The summed E-state index contributed by atoms with van der Waals surface area (Å²) < 4.78 is 5.60. The molecule has 1 aliphatic rings. The second kappa shape index (κ2) is 7.66. The van der Waals surface area contributed by atoms with Crippen molar-refractivity contribution in [3.05, 3.63) is 22.9 Å². The quantitative estimate of drug-likeness (QED) is 0.419. The van der Waals surface area contributed by atoms with Crippen molar-refractivity contribution in [2.24, 2.45) is 0 Å². The number of nitrogens with zero attached hydrogens (tertiary/aromatic N) is 1. The maximum Gasteiger partial charge on any atom is 0.133 e. The Hall–Kier alpha value is -0.620. The van der Waals surface area contributed by atoms with Crippen molar-refractivity contribution < 1.29 is 4.74 Å². The highest BCUT2D eigenvalue weighted by Crippen LogP contribution is 2.26. The number of hydrogen-bond acceptors (Lipinski definition) is 2. The van der Waals surface area contributed by atoms with Crippen LogP contribution < -0.4 is 0 Å². The Morgan fingerprint density at radius 1 is 1.65 bits per heavy atom. The Morgan fingerprint density at radius 3 is 3.06 bits per heavy atom. The summed E-state index contributed by atoms with van der Waals surface area (Å²) in [6.45, 7) is 2.21. The van der Waals surface area contributed by atoms with Crippen LogP contribution in [0.3, 0.4) is 0 Å². The van der Waals surface area contributed by atoms with Crippen molar-refractivity contribution >= 4 is 23.2 Å². The van der Waals surface area contributed by atoms with Crippen LogP contribution in [0, 0.1) is 12.3 Å². The van der Waals surface area contributed by atoms with Gasteiger partial charge < -0.3 is 4.74 Å². The minimum atomic E-state index is -0.0170. The molecule has 0 heterocycles. The van der Waals surface area contributed by atoms with Crippen molar-refractivity contribution in [1.29, 1.82) is 0 Å². The zero-order chi connectivity index (χ0) is 12.7. The van der Waals surface area contributed by atoms with Gasteiger partial charge in [0.1, 0.15) is 5.76 Å². The number of hydrogen-bond donors (Lipinski definition) is 0. The first-order chi connectivity index (χ1) is 8.13. The Balaban J connectivity index is 2.22. The molecule has 0 saturated carbocycles. The first-order valence-electron chi connectivity index (χ1n) is 5.59. The molecule has 1 aliphatic carbocycles. The molecule has 4 heteroatoms. The van der Waals surface area contributed by atoms with E-state index >= 15 is 0 Å². The second-order valence-corrected chi connectivity index (χ2v) is 5.01. The number of ether oxygens (including phenoxy) is 1. The molecule has 0 fully saturated rings. The fourth-order valence-electron chi connectivity index (χ4n) is 1.50. The minimum absolute atomic E-state index is 0.0170. The fraction of sp³-hybridized carbons (Fsp3) is 0.538. The number of rotatable bonds is 6. The van der Waals surface area contributed by atoms with Gasteiger partial charge in [-0.3, -0.25) is 4.90 Å². The van der Waals surface area contributed by atoms with Crippen molar-refractivity contribution in [2.45, 2.75) is 18.2 Å². The highest BCUT2D eigenvalue weighted by atomic mass is 35.5. The first kappa shape index (κ1) is 14.4. The van der Waals surface area contributed by atoms with Crippen molar-refractivity contribution in [3.8, 4) is 12.3 Å². The molecule has 0 aliphatic heterocycles. The summed E-state index contributed by atoms with van der Waals surface area (Å²) in [6.07, 6.45) is 10.5. The van der Waals surface area contributed by atoms with E-state index in [0.29, 0.717) is 24.6 Å². The Labute approximate surface area is 113 Å². The molecule has 1 rings (SSSR count). The van der Waals surface area contributed by atoms with E-state index in [0.717, 1.165) is 18.7 Å². The van der Waals surface area contributed by atoms with Crippen LogP contribution in [0.1, 0.15) is 12.8 Å². The molecule has 0 saturated heterocycles. The van der Waals surface area contributed by atoms with Crippen LogP contribution in [0.5, 0.6) is 0 Å². The second-order valence-electron chi connectivity index (χ2n) is 3.99. The lowest BCUT2D eigenvalue weighted by molar-refractivity contribution is 0.202. The van der Waals surface area contributed by atoms with Crippen LogP contribution in [0.15, 0.2) is 22.9 Å². The van der Waals surface area contributed by atoms with Crippen LogP contribution in [-0.4, -0.2) is 37.0 Å². The molecule has 94 valence electrons. The van der Waals surface area contributed by atoms with Gasteiger partial charge in [0, 0.05) is 13.0 Å². The average molecular weight is 274 g/mol. The number of allylic oxidation sites excluding steroid dienone is 3. The highest BCUT2D eigenvalue weighted by molar-refractivity contribution is 6.31. The summed E-state index contributed by atoms with van der Waals surface area (Å²) >= 11 is 12.0. The van der Waals surface area contributed by atoms with E-state index in [-0.39, 0.29) is 5.38 Å². The van der Waals surface area contributed by atoms with Crippen molar-refractivity contribution in [1.82, 2.24) is 4.90 Å². The van der Waals surface area contributed by atoms with E-state index in [1.807, 2.05) is 19.2 Å². The SMILES string of the molecule is C#CCN(C)CCCOC1=C(Cl)CC(Cl)C=C1. The molecule has 0 spiro atoms. The van der Waals surface area contributed by atoms with Crippen LogP contribution >= 0.6 is 23.2 Å². The molecule has 17 heavy (non-hydrogen) atoms. The topological polar surface area (TPSA) is 12.5 Å². The zero-order valence-corrected chi connectivity index (χ0v) is 11.5. The van der Waals surface area contributed by atoms with E-state index in [1.165, 1.54) is 0 Å². The van der Waals surface area contributed by atoms with Gasteiger partial charge in [-0.1, -0.05) is 23.6 Å². The molecule has 2 nitrogen and oxygen atoms in total. The third-order valence-electron chi connectivity index (χ3n) is 2.40. The van der Waals surface area contributed by atoms with Crippen LogP contribution in [0.4, 0.5) is 0 Å². The largest absolute Gasteiger partial charge is 0.492 e. The smallest absolute Gasteiger partial charge is 0.133 e. The lowest BCUT2D eigenvalue weighted by Gasteiger charge is -2.17. The lowest BCUT2D eigenvalue weighted by atomic mass is 10.1. The number of alkyl halides is 1. The van der Waals surface area contributed by atoms with E-state index in [2.05, 4.69) is 10.8 Å². The molecule has 0 aromatic rings. The first-order valence-corrected chi connectivity index (χ1v) is 6.40. The molecule has 1 atom stereocenters. The Kier molecular flexibility index (Phi) is 6.50. The number of halogens is 2. The highest BCUT2D eigenvalue weighted by Gasteiger charge is 2.13. The monoisotopic (exact) mass is 273 g/mol. The van der Waals surface area contributed by atoms with Gasteiger partial charge in [-0.05, 0) is 19.5 Å². The number of terminal acetylenes is 1. The van der Waals surface area contributed by atoms with Crippen molar-refractivity contribution in [3.63, 3.8) is 0 Å². The third kappa shape index (κ3) is 5.50. The molecule has 0 bridgehead atoms. The minimum Gasteiger partial charge on any atom is -0.492 e. The maximum absolute atomic E-state index is 6.05. The van der Waals surface area contributed by atoms with Gasteiger partial charge in [0.05, 0.1) is 23.6 Å². The summed E-state index contributed by atoms with van der Waals surface area (Å²) in [4.78, 5) is 2.07. The van der Waals surface area contributed by atoms with Crippen molar-refractivity contribution in [2.75, 3.05) is 26.7 Å². The molecule has 0 radical (unpaired) electrons. The van der Waals surface area contributed by atoms with E-state index in [4.69, 9.17) is 34.4 Å². The molecular formula is C13H17Cl2NO. The summed E-state index contributed by atoms with van der Waals surface area (Å²) in [7, 11) is 1.99. The van der Waals surface area contributed by atoms with Gasteiger partial charge in [0.15, 0.2) is 0 Å². The molecule has 0 N–H and O–H groups in total. The van der Waals surface area contributed by atoms with E-state index < -0.39 is 0 Å². The lowest BCUT2D eigenvalue weighted by Crippen LogP contribution is -2.21. The summed E-state index contributed by atoms with van der Waals surface area (Å²) in [5, 5.41) is 0.682. The van der Waals surface area contributed by atoms with Crippen LogP contribution in [0.25, 0.3) is 0 Å². The van der Waals surface area contributed by atoms with Gasteiger partial charge in [-0.15, -0.1) is 18.0 Å².